The van der Waals surface area contributed by atoms with Crippen LogP contribution in [0.25, 0.3) is 0 Å². The molecule has 3 aromatic rings. The number of carbonyl (C=O) groups excluding carboxylic acids is 1. The summed E-state index contributed by atoms with van der Waals surface area (Å²) < 4.78 is 47.1. The van der Waals surface area contributed by atoms with E-state index in [9.17, 15) is 22.7 Å². The van der Waals surface area contributed by atoms with Crippen LogP contribution in [-0.2, 0) is 20.9 Å². The second kappa shape index (κ2) is 10.6. The maximum Gasteiger partial charge on any atom is 0.333 e. The van der Waals surface area contributed by atoms with Gasteiger partial charge in [-0.15, -0.1) is 0 Å². The van der Waals surface area contributed by atoms with Gasteiger partial charge in [0.05, 0.1) is 24.3 Å². The fourth-order valence-corrected chi connectivity index (χ4v) is 4.75. The number of ketones is 1. The number of hydrogen-bond donors (Lipinski definition) is 3. The van der Waals surface area contributed by atoms with Crippen molar-refractivity contribution < 1.29 is 31.3 Å². The normalized spacial score (nSPS) is 22.0. The second-order valence-corrected chi connectivity index (χ2v) is 10.2. The lowest BCUT2D eigenvalue weighted by atomic mass is 10.0. The number of rotatable bonds is 9. The monoisotopic (exact) mass is 538 g/mol. The van der Waals surface area contributed by atoms with E-state index < -0.39 is 46.9 Å². The van der Waals surface area contributed by atoms with Gasteiger partial charge in [0.2, 0.25) is 5.78 Å². The first-order chi connectivity index (χ1) is 17.0. The molecule has 4 atom stereocenters. The zero-order valence-electron chi connectivity index (χ0n) is 19.1. The van der Waals surface area contributed by atoms with Crippen LogP contribution in [0.1, 0.15) is 39.4 Å². The topological polar surface area (TPSA) is 158 Å². The number of nitrogens with zero attached hydrogens (tertiary/aromatic N) is 2. The minimum Gasteiger partial charge on any atom is -0.458 e. The van der Waals surface area contributed by atoms with Crippen molar-refractivity contribution in [3.8, 4) is 0 Å². The van der Waals surface area contributed by atoms with E-state index in [1.807, 2.05) is 18.2 Å². The van der Waals surface area contributed by atoms with Gasteiger partial charge in [-0.2, -0.15) is 8.42 Å². The number of furan rings is 1. The zero-order chi connectivity index (χ0) is 26.0. The molecule has 1 aromatic carbocycles. The molecule has 1 aliphatic rings. The molecule has 1 saturated carbocycles. The SMILES string of the molecule is Cc1oc(C(=O)c2cncnc2N[C@@H]2C[C@H](COS(N)(=O)=O)[C@@H](O)[C@@H]2F)cc1Cc1cccc(Cl)c1. The van der Waals surface area contributed by atoms with E-state index >= 15 is 0 Å². The summed E-state index contributed by atoms with van der Waals surface area (Å²) >= 11 is 6.06. The predicted octanol–water partition coefficient (Wildman–Crippen LogP) is 2.57. The molecular formula is C23H24ClFN4O6S. The molecule has 0 bridgehead atoms. The molecular weight excluding hydrogens is 515 g/mol. The number of anilines is 1. The summed E-state index contributed by atoms with van der Waals surface area (Å²) in [5, 5.41) is 18.4. The lowest BCUT2D eigenvalue weighted by Crippen LogP contribution is -2.33. The largest absolute Gasteiger partial charge is 0.458 e. The number of halogens is 2. The molecule has 13 heteroatoms. The van der Waals surface area contributed by atoms with Gasteiger partial charge in [0.25, 0.3) is 0 Å². The van der Waals surface area contributed by atoms with Gasteiger partial charge in [0.1, 0.15) is 24.1 Å². The van der Waals surface area contributed by atoms with Crippen LogP contribution in [0.5, 0.6) is 0 Å². The van der Waals surface area contributed by atoms with Crippen molar-refractivity contribution in [2.24, 2.45) is 11.1 Å². The van der Waals surface area contributed by atoms with Crippen LogP contribution in [0.3, 0.4) is 0 Å². The van der Waals surface area contributed by atoms with E-state index in [4.69, 9.17) is 21.2 Å². The fourth-order valence-electron chi connectivity index (χ4n) is 4.17. The summed E-state index contributed by atoms with van der Waals surface area (Å²) in [5.41, 5.74) is 1.80. The molecule has 0 saturated heterocycles. The van der Waals surface area contributed by atoms with Gasteiger partial charge in [0.15, 0.2) is 5.76 Å². The number of aryl methyl sites for hydroxylation is 1. The standard InChI is InChI=1S/C23H24ClFN4O6S/c1-12-14(5-13-3-2-4-16(24)6-13)8-19(35-12)22(31)17-9-27-11-28-23(17)29-18-7-15(21(30)20(18)25)10-34-36(26,32)33/h2-4,6,8-9,11,15,18,20-21,30H,5,7,10H2,1H3,(H2,26,32,33)(H,27,28,29)/t15-,18-,20-,21-/m1/s1. The molecule has 192 valence electrons. The van der Waals surface area contributed by atoms with Crippen molar-refractivity contribution >= 4 is 33.5 Å². The highest BCUT2D eigenvalue weighted by Crippen LogP contribution is 2.32. The van der Waals surface area contributed by atoms with E-state index in [2.05, 4.69) is 19.5 Å². The Kier molecular flexibility index (Phi) is 7.71. The van der Waals surface area contributed by atoms with Crippen molar-refractivity contribution in [3.05, 3.63) is 76.1 Å². The van der Waals surface area contributed by atoms with Crippen LogP contribution >= 0.6 is 11.6 Å². The summed E-state index contributed by atoms with van der Waals surface area (Å²) in [6, 6.07) is 8.01. The Labute approximate surface area is 211 Å². The Bertz CT molecular complexity index is 1370. The van der Waals surface area contributed by atoms with Gasteiger partial charge in [-0.25, -0.2) is 19.5 Å². The summed E-state index contributed by atoms with van der Waals surface area (Å²) in [7, 11) is -4.24. The van der Waals surface area contributed by atoms with Gasteiger partial charge in [-0.05, 0) is 42.7 Å². The van der Waals surface area contributed by atoms with Gasteiger partial charge in [0, 0.05) is 23.6 Å². The van der Waals surface area contributed by atoms with Crippen LogP contribution in [0.15, 0.2) is 47.3 Å². The number of aliphatic hydroxyl groups is 1. The number of aliphatic hydroxyl groups excluding tert-OH is 1. The average Bonchev–Trinajstić information content (AvgIpc) is 3.31. The molecule has 0 radical (unpaired) electrons. The van der Waals surface area contributed by atoms with Crippen molar-refractivity contribution in [2.45, 2.75) is 38.1 Å². The van der Waals surface area contributed by atoms with E-state index in [1.165, 1.54) is 12.5 Å². The molecule has 1 aliphatic carbocycles. The minimum absolute atomic E-state index is 0.0130. The molecule has 0 spiro atoms. The third-order valence-corrected chi connectivity index (χ3v) is 6.70. The lowest BCUT2D eigenvalue weighted by Gasteiger charge is -2.17. The van der Waals surface area contributed by atoms with E-state index in [0.29, 0.717) is 17.2 Å². The molecule has 4 N–H and O–H groups in total. The zero-order valence-corrected chi connectivity index (χ0v) is 20.7. The van der Waals surface area contributed by atoms with E-state index in [0.717, 1.165) is 11.1 Å². The van der Waals surface area contributed by atoms with Gasteiger partial charge in [-0.3, -0.25) is 8.98 Å². The molecule has 10 nitrogen and oxygen atoms in total. The Balaban J connectivity index is 1.51. The van der Waals surface area contributed by atoms with E-state index in [1.54, 1.807) is 19.1 Å². The Morgan fingerprint density at radius 1 is 1.39 bits per heavy atom. The number of nitrogens with two attached hydrogens (primary N) is 1. The molecule has 4 rings (SSSR count). The van der Waals surface area contributed by atoms with Crippen molar-refractivity contribution in [1.29, 1.82) is 0 Å². The molecule has 0 aliphatic heterocycles. The highest BCUT2D eigenvalue weighted by Gasteiger charge is 2.44. The summed E-state index contributed by atoms with van der Waals surface area (Å²) in [6.07, 6.45) is -0.271. The van der Waals surface area contributed by atoms with E-state index in [-0.39, 0.29) is 23.6 Å². The lowest BCUT2D eigenvalue weighted by molar-refractivity contribution is 0.0501. The van der Waals surface area contributed by atoms with Crippen LogP contribution in [0.4, 0.5) is 10.2 Å². The number of hydrogen-bond acceptors (Lipinski definition) is 9. The minimum atomic E-state index is -4.24. The number of alkyl halides is 1. The third-order valence-electron chi connectivity index (χ3n) is 6.00. The molecule has 2 heterocycles. The first kappa shape index (κ1) is 26.2. The number of carbonyl (C=O) groups is 1. The Hall–Kier alpha value is -2.90. The fraction of sp³-hybridized carbons (Fsp3) is 0.348. The quantitative estimate of drug-likeness (QED) is 0.348. The van der Waals surface area contributed by atoms with Crippen LogP contribution < -0.4 is 10.5 Å². The predicted molar refractivity (Wildman–Crippen MR) is 129 cm³/mol. The van der Waals surface area contributed by atoms with Crippen molar-refractivity contribution in [3.63, 3.8) is 0 Å². The van der Waals surface area contributed by atoms with Crippen molar-refractivity contribution in [1.82, 2.24) is 9.97 Å². The maximum absolute atomic E-state index is 14.8. The highest BCUT2D eigenvalue weighted by atomic mass is 35.5. The smallest absolute Gasteiger partial charge is 0.333 e. The maximum atomic E-state index is 14.8. The molecule has 36 heavy (non-hydrogen) atoms. The van der Waals surface area contributed by atoms with Gasteiger partial charge >= 0.3 is 10.3 Å². The molecule has 0 amide bonds. The Morgan fingerprint density at radius 2 is 2.17 bits per heavy atom. The van der Waals surface area contributed by atoms with Crippen molar-refractivity contribution in [2.75, 3.05) is 11.9 Å². The van der Waals surface area contributed by atoms with Crippen LogP contribution in [-0.4, -0.2) is 54.2 Å². The number of aromatic nitrogens is 2. The first-order valence-corrected chi connectivity index (χ1v) is 12.8. The molecule has 1 fully saturated rings. The second-order valence-electron chi connectivity index (χ2n) is 8.57. The Morgan fingerprint density at radius 3 is 2.89 bits per heavy atom. The summed E-state index contributed by atoms with van der Waals surface area (Å²) in [4.78, 5) is 21.2. The van der Waals surface area contributed by atoms with Gasteiger partial charge < -0.3 is 14.8 Å². The summed E-state index contributed by atoms with van der Waals surface area (Å²) in [6.45, 7) is 1.27. The molecule has 2 aromatic heterocycles. The average molecular weight is 539 g/mol. The van der Waals surface area contributed by atoms with Crippen LogP contribution in [0, 0.1) is 12.8 Å². The third kappa shape index (κ3) is 6.08. The highest BCUT2D eigenvalue weighted by molar-refractivity contribution is 7.84. The number of nitrogens with one attached hydrogen (secondary N) is 1. The molecule has 0 unspecified atom stereocenters. The van der Waals surface area contributed by atoms with Crippen LogP contribution in [0.2, 0.25) is 5.02 Å². The van der Waals surface area contributed by atoms with Gasteiger partial charge in [-0.1, -0.05) is 23.7 Å². The first-order valence-electron chi connectivity index (χ1n) is 11.0. The number of benzene rings is 1. The summed E-state index contributed by atoms with van der Waals surface area (Å²) in [5.74, 6) is -0.677.